The number of benzene rings is 2. The van der Waals surface area contributed by atoms with Crippen molar-refractivity contribution < 1.29 is 33.7 Å². The number of hydrogen-bond donors (Lipinski definition) is 1. The third-order valence-electron chi connectivity index (χ3n) is 6.61. The summed E-state index contributed by atoms with van der Waals surface area (Å²) in [6.45, 7) is 9.41. The number of thiazole rings is 1. The molecule has 0 spiro atoms. The Bertz CT molecular complexity index is 1560. The van der Waals surface area contributed by atoms with Crippen molar-refractivity contribution in [2.45, 2.75) is 39.3 Å². The summed E-state index contributed by atoms with van der Waals surface area (Å²) in [5.74, 6) is -1.39. The molecule has 2 aliphatic heterocycles. The number of hydrogen-bond acceptors (Lipinski definition) is 9. The van der Waals surface area contributed by atoms with E-state index in [2.05, 4.69) is 11.6 Å². The number of rotatable bonds is 8. The van der Waals surface area contributed by atoms with E-state index in [4.69, 9.17) is 14.2 Å². The third kappa shape index (κ3) is 4.86. The lowest BCUT2D eigenvalue weighted by atomic mass is 9.94. The molecule has 0 aliphatic carbocycles. The first-order chi connectivity index (χ1) is 19.2. The highest BCUT2D eigenvalue weighted by molar-refractivity contribution is 7.17. The number of nitrogens with zero attached hydrogens (tertiary/aromatic N) is 2. The molecule has 0 bridgehead atoms. The van der Waals surface area contributed by atoms with Crippen molar-refractivity contribution in [1.29, 1.82) is 0 Å². The average Bonchev–Trinajstić information content (AvgIpc) is 3.59. The Labute approximate surface area is 235 Å². The zero-order chi connectivity index (χ0) is 28.6. The number of ketones is 1. The molecule has 1 saturated heterocycles. The fourth-order valence-corrected chi connectivity index (χ4v) is 5.87. The monoisotopic (exact) mass is 560 g/mol. The topological polar surface area (TPSA) is 115 Å². The van der Waals surface area contributed by atoms with E-state index in [1.807, 2.05) is 13.8 Å². The summed E-state index contributed by atoms with van der Waals surface area (Å²) >= 11 is 0.941. The van der Waals surface area contributed by atoms with Crippen LogP contribution in [0.1, 0.15) is 51.9 Å². The van der Waals surface area contributed by atoms with Gasteiger partial charge in [0.25, 0.3) is 5.78 Å². The number of aryl methyl sites for hydroxylation is 1. The minimum atomic E-state index is -1.02. The van der Waals surface area contributed by atoms with Crippen LogP contribution in [0.15, 0.2) is 60.7 Å². The number of amides is 1. The lowest BCUT2D eigenvalue weighted by Crippen LogP contribution is -2.29. The third-order valence-corrected chi connectivity index (χ3v) is 7.74. The standard InChI is InChI=1S/C30H28N2O7S/c1-5-12-38-29(36)27-17(4)31-30(40-27)32-24(18-8-7-9-21(15-18)37-6-2)23(26(34)28(32)35)25(33)19-10-11-22-20(14-19)13-16(3)39-22/h5,7-11,14-16,24,33H,1,6,12-13H2,2-4H3/t16-,24+/m0/s1. The summed E-state index contributed by atoms with van der Waals surface area (Å²) in [4.78, 5) is 45.6. The van der Waals surface area contributed by atoms with Crippen LogP contribution < -0.4 is 14.4 Å². The normalized spacial score (nSPS) is 19.3. The summed E-state index contributed by atoms with van der Waals surface area (Å²) in [6, 6.07) is 11.1. The SMILES string of the molecule is C=CCOC(=O)c1sc(N2C(=O)C(=O)C(=C(O)c3ccc4c(c3)C[C@H](C)O4)[C@H]2c2cccc(OCC)c2)nc1C. The fourth-order valence-electron chi connectivity index (χ4n) is 4.89. The number of ether oxygens (including phenoxy) is 3. The van der Waals surface area contributed by atoms with Gasteiger partial charge in [-0.3, -0.25) is 14.5 Å². The van der Waals surface area contributed by atoms with Crippen LogP contribution in [-0.4, -0.2) is 47.1 Å². The maximum Gasteiger partial charge on any atom is 0.350 e. The number of aliphatic hydroxyl groups excluding tert-OH is 1. The molecule has 1 aromatic heterocycles. The van der Waals surface area contributed by atoms with Gasteiger partial charge in [-0.15, -0.1) is 0 Å². The molecule has 10 heteroatoms. The van der Waals surface area contributed by atoms with E-state index < -0.39 is 23.7 Å². The molecule has 9 nitrogen and oxygen atoms in total. The number of carbonyl (C=O) groups is 3. The predicted octanol–water partition coefficient (Wildman–Crippen LogP) is 5.14. The molecule has 3 aromatic rings. The highest BCUT2D eigenvalue weighted by Crippen LogP contribution is 2.45. The number of Topliss-reactive ketones (excluding diaryl/α,β-unsaturated/α-hetero) is 1. The quantitative estimate of drug-likeness (QED) is 0.132. The Hall–Kier alpha value is -4.44. The maximum atomic E-state index is 13.6. The smallest absolute Gasteiger partial charge is 0.350 e. The lowest BCUT2D eigenvalue weighted by molar-refractivity contribution is -0.132. The van der Waals surface area contributed by atoms with Crippen LogP contribution in [0.4, 0.5) is 5.13 Å². The van der Waals surface area contributed by atoms with Crippen LogP contribution in [0.25, 0.3) is 5.76 Å². The van der Waals surface area contributed by atoms with Gasteiger partial charge >= 0.3 is 11.9 Å². The van der Waals surface area contributed by atoms with E-state index in [0.717, 1.165) is 22.6 Å². The van der Waals surface area contributed by atoms with Gasteiger partial charge in [-0.1, -0.05) is 36.1 Å². The largest absolute Gasteiger partial charge is 0.507 e. The van der Waals surface area contributed by atoms with Crippen molar-refractivity contribution >= 4 is 39.9 Å². The summed E-state index contributed by atoms with van der Waals surface area (Å²) in [5, 5.41) is 11.7. The van der Waals surface area contributed by atoms with Gasteiger partial charge in [-0.25, -0.2) is 9.78 Å². The van der Waals surface area contributed by atoms with E-state index in [1.54, 1.807) is 49.4 Å². The maximum absolute atomic E-state index is 13.6. The Kier molecular flexibility index (Phi) is 7.44. The summed E-state index contributed by atoms with van der Waals surface area (Å²) in [5.41, 5.74) is 2.09. The van der Waals surface area contributed by atoms with Gasteiger partial charge in [-0.05, 0) is 62.2 Å². The molecule has 1 amide bonds. The van der Waals surface area contributed by atoms with E-state index in [9.17, 15) is 19.5 Å². The van der Waals surface area contributed by atoms with Gasteiger partial charge in [0.05, 0.1) is 23.9 Å². The number of anilines is 1. The van der Waals surface area contributed by atoms with Crippen molar-refractivity contribution in [2.24, 2.45) is 0 Å². The molecule has 1 N–H and O–H groups in total. The Morgan fingerprint density at radius 1 is 1.27 bits per heavy atom. The molecule has 0 saturated carbocycles. The van der Waals surface area contributed by atoms with Gasteiger partial charge in [0.15, 0.2) is 5.13 Å². The summed E-state index contributed by atoms with van der Waals surface area (Å²) < 4.78 is 16.6. The van der Waals surface area contributed by atoms with Crippen molar-refractivity contribution in [3.63, 3.8) is 0 Å². The molecular formula is C30H28N2O7S. The van der Waals surface area contributed by atoms with E-state index >= 15 is 0 Å². The van der Waals surface area contributed by atoms with E-state index in [1.165, 1.54) is 11.0 Å². The molecule has 0 unspecified atom stereocenters. The van der Waals surface area contributed by atoms with Gasteiger partial charge < -0.3 is 19.3 Å². The number of carbonyl (C=O) groups excluding carboxylic acids is 3. The van der Waals surface area contributed by atoms with E-state index in [0.29, 0.717) is 35.6 Å². The van der Waals surface area contributed by atoms with Crippen molar-refractivity contribution in [3.05, 3.63) is 88.0 Å². The lowest BCUT2D eigenvalue weighted by Gasteiger charge is -2.23. The number of aromatic nitrogens is 1. The minimum Gasteiger partial charge on any atom is -0.507 e. The van der Waals surface area contributed by atoms with Crippen LogP contribution in [0.3, 0.4) is 0 Å². The Balaban J connectivity index is 1.65. The molecule has 2 atom stereocenters. The minimum absolute atomic E-state index is 0.000195. The van der Waals surface area contributed by atoms with Crippen molar-refractivity contribution in [1.82, 2.24) is 4.98 Å². The number of aliphatic hydroxyl groups is 1. The molecule has 3 heterocycles. The molecular weight excluding hydrogens is 532 g/mol. The molecule has 2 aromatic carbocycles. The molecule has 5 rings (SSSR count). The first kappa shape index (κ1) is 27.1. The van der Waals surface area contributed by atoms with E-state index in [-0.39, 0.29) is 34.1 Å². The zero-order valence-corrected chi connectivity index (χ0v) is 23.1. The molecule has 0 radical (unpaired) electrons. The van der Waals surface area contributed by atoms with Gasteiger partial charge in [0, 0.05) is 12.0 Å². The summed E-state index contributed by atoms with van der Waals surface area (Å²) in [6.07, 6.45) is 2.11. The van der Waals surface area contributed by atoms with Crippen LogP contribution in [0.2, 0.25) is 0 Å². The summed E-state index contributed by atoms with van der Waals surface area (Å²) in [7, 11) is 0. The Morgan fingerprint density at radius 2 is 2.08 bits per heavy atom. The fraction of sp³-hybridized carbons (Fsp3) is 0.267. The van der Waals surface area contributed by atoms with Crippen LogP contribution in [-0.2, 0) is 20.7 Å². The van der Waals surface area contributed by atoms with Gasteiger partial charge in [0.1, 0.15) is 34.8 Å². The van der Waals surface area contributed by atoms with Crippen molar-refractivity contribution in [2.75, 3.05) is 18.1 Å². The van der Waals surface area contributed by atoms with Crippen LogP contribution in [0, 0.1) is 6.92 Å². The Morgan fingerprint density at radius 3 is 2.83 bits per heavy atom. The van der Waals surface area contributed by atoms with Gasteiger partial charge in [0.2, 0.25) is 0 Å². The average molecular weight is 561 g/mol. The zero-order valence-electron chi connectivity index (χ0n) is 22.3. The molecule has 1 fully saturated rings. The highest BCUT2D eigenvalue weighted by Gasteiger charge is 2.48. The highest BCUT2D eigenvalue weighted by atomic mass is 32.1. The van der Waals surface area contributed by atoms with Crippen LogP contribution >= 0.6 is 11.3 Å². The van der Waals surface area contributed by atoms with Crippen molar-refractivity contribution in [3.8, 4) is 11.5 Å². The van der Waals surface area contributed by atoms with Crippen LogP contribution in [0.5, 0.6) is 11.5 Å². The number of esters is 1. The second kappa shape index (κ2) is 11.0. The molecule has 206 valence electrons. The second-order valence-electron chi connectivity index (χ2n) is 9.43. The molecule has 40 heavy (non-hydrogen) atoms. The van der Waals surface area contributed by atoms with Gasteiger partial charge in [-0.2, -0.15) is 0 Å². The first-order valence-electron chi connectivity index (χ1n) is 12.8. The predicted molar refractivity (Wildman–Crippen MR) is 150 cm³/mol. The second-order valence-corrected chi connectivity index (χ2v) is 10.4. The molecule has 2 aliphatic rings. The number of fused-ring (bicyclic) bond motifs is 1. The first-order valence-corrected chi connectivity index (χ1v) is 13.6.